The molecule has 16 heavy (non-hydrogen) atoms. The van der Waals surface area contributed by atoms with Gasteiger partial charge in [-0.05, 0) is 33.9 Å². The molecule has 1 saturated heterocycles. The van der Waals surface area contributed by atoms with Crippen molar-refractivity contribution in [3.8, 4) is 0 Å². The summed E-state index contributed by atoms with van der Waals surface area (Å²) in [5.41, 5.74) is 0. The Balaban J connectivity index is 2.77. The van der Waals surface area contributed by atoms with Crippen LogP contribution in [0.2, 0.25) is 0 Å². The highest BCUT2D eigenvalue weighted by Gasteiger charge is 2.40. The van der Waals surface area contributed by atoms with Crippen LogP contribution in [0, 0.1) is 5.92 Å². The van der Waals surface area contributed by atoms with E-state index in [0.29, 0.717) is 5.92 Å². The van der Waals surface area contributed by atoms with Crippen molar-refractivity contribution in [1.29, 1.82) is 0 Å². The van der Waals surface area contributed by atoms with E-state index in [1.54, 1.807) is 0 Å². The number of hydrogen-bond donors (Lipinski definition) is 1. The van der Waals surface area contributed by atoms with Gasteiger partial charge in [0.25, 0.3) is 0 Å². The molecule has 1 aliphatic heterocycles. The van der Waals surface area contributed by atoms with Crippen molar-refractivity contribution >= 4 is 5.91 Å². The van der Waals surface area contributed by atoms with Gasteiger partial charge in [0.1, 0.15) is 0 Å². The average Bonchev–Trinajstić information content (AvgIpc) is 2.42. The summed E-state index contributed by atoms with van der Waals surface area (Å²) < 4.78 is 0. The van der Waals surface area contributed by atoms with Gasteiger partial charge in [0.2, 0.25) is 5.91 Å². The lowest BCUT2D eigenvalue weighted by Gasteiger charge is -2.34. The van der Waals surface area contributed by atoms with E-state index in [4.69, 9.17) is 0 Å². The largest absolute Gasteiger partial charge is 0.322 e. The minimum absolute atomic E-state index is 0.0444. The Morgan fingerprint density at radius 3 is 2.38 bits per heavy atom. The molecule has 1 amide bonds. The SMILES string of the molecule is CC1NC(C(C)C)N(C(C)CN(C)C)C1=O. The second-order valence-corrected chi connectivity index (χ2v) is 5.43. The van der Waals surface area contributed by atoms with E-state index < -0.39 is 0 Å². The first kappa shape index (κ1) is 13.5. The molecule has 0 radical (unpaired) electrons. The molecule has 0 bridgehead atoms. The van der Waals surface area contributed by atoms with Crippen LogP contribution in [0.4, 0.5) is 0 Å². The van der Waals surface area contributed by atoms with E-state index in [0.717, 1.165) is 6.54 Å². The maximum Gasteiger partial charge on any atom is 0.241 e. The summed E-state index contributed by atoms with van der Waals surface area (Å²) in [6, 6.07) is 0.212. The predicted octanol–water partition coefficient (Wildman–Crippen LogP) is 0.739. The van der Waals surface area contributed by atoms with Crippen molar-refractivity contribution in [2.24, 2.45) is 5.92 Å². The topological polar surface area (TPSA) is 35.6 Å². The van der Waals surface area contributed by atoms with Crippen LogP contribution in [0.25, 0.3) is 0 Å². The molecule has 1 rings (SSSR count). The Morgan fingerprint density at radius 2 is 1.94 bits per heavy atom. The van der Waals surface area contributed by atoms with E-state index in [9.17, 15) is 4.79 Å². The van der Waals surface area contributed by atoms with Crippen LogP contribution < -0.4 is 5.32 Å². The summed E-state index contributed by atoms with van der Waals surface area (Å²) in [7, 11) is 4.08. The van der Waals surface area contributed by atoms with Gasteiger partial charge in [-0.2, -0.15) is 0 Å². The molecule has 94 valence electrons. The Labute approximate surface area is 99.0 Å². The molecule has 1 heterocycles. The Hall–Kier alpha value is -0.610. The van der Waals surface area contributed by atoms with Gasteiger partial charge >= 0.3 is 0 Å². The van der Waals surface area contributed by atoms with Crippen molar-refractivity contribution in [2.75, 3.05) is 20.6 Å². The van der Waals surface area contributed by atoms with Crippen LogP contribution in [-0.4, -0.2) is 54.6 Å². The first-order chi connectivity index (χ1) is 7.34. The summed E-state index contributed by atoms with van der Waals surface area (Å²) in [6.07, 6.45) is 0.178. The Morgan fingerprint density at radius 1 is 1.38 bits per heavy atom. The number of amides is 1. The van der Waals surface area contributed by atoms with Crippen LogP contribution in [0.1, 0.15) is 27.7 Å². The minimum atomic E-state index is -0.0444. The molecule has 4 heteroatoms. The summed E-state index contributed by atoms with van der Waals surface area (Å²) in [6.45, 7) is 9.27. The predicted molar refractivity (Wildman–Crippen MR) is 66.1 cm³/mol. The maximum absolute atomic E-state index is 12.1. The van der Waals surface area contributed by atoms with Crippen LogP contribution >= 0.6 is 0 Å². The highest BCUT2D eigenvalue weighted by Crippen LogP contribution is 2.20. The van der Waals surface area contributed by atoms with Crippen LogP contribution in [0.3, 0.4) is 0 Å². The molecule has 1 fully saturated rings. The number of nitrogens with one attached hydrogen (secondary N) is 1. The van der Waals surface area contributed by atoms with E-state index >= 15 is 0 Å². The first-order valence-corrected chi connectivity index (χ1v) is 6.07. The molecule has 0 aromatic carbocycles. The normalized spacial score (nSPS) is 28.2. The molecule has 3 unspecified atom stereocenters. The van der Waals surface area contributed by atoms with Crippen LogP contribution in [0.5, 0.6) is 0 Å². The number of carbonyl (C=O) groups is 1. The van der Waals surface area contributed by atoms with E-state index in [-0.39, 0.29) is 24.2 Å². The number of likely N-dealkylation sites (N-methyl/N-ethyl adjacent to an activating group) is 1. The lowest BCUT2D eigenvalue weighted by molar-refractivity contribution is -0.132. The molecule has 0 aliphatic carbocycles. The molecule has 0 spiro atoms. The molecule has 1 aliphatic rings. The van der Waals surface area contributed by atoms with Crippen molar-refractivity contribution in [3.63, 3.8) is 0 Å². The molecule has 0 aromatic heterocycles. The van der Waals surface area contributed by atoms with Gasteiger partial charge in [0.15, 0.2) is 0 Å². The minimum Gasteiger partial charge on any atom is -0.322 e. The molecule has 1 N–H and O–H groups in total. The zero-order valence-electron chi connectivity index (χ0n) is 11.3. The lowest BCUT2D eigenvalue weighted by atomic mass is 10.1. The summed E-state index contributed by atoms with van der Waals surface area (Å²) in [4.78, 5) is 16.2. The van der Waals surface area contributed by atoms with Gasteiger partial charge < -0.3 is 9.80 Å². The standard InChI is InChI=1S/C12H25N3O/c1-8(2)11-13-10(4)12(16)15(11)9(3)7-14(5)6/h8-11,13H,7H2,1-6H3. The number of nitrogens with zero attached hydrogens (tertiary/aromatic N) is 2. The van der Waals surface area contributed by atoms with Gasteiger partial charge in [0, 0.05) is 12.6 Å². The summed E-state index contributed by atoms with van der Waals surface area (Å²) in [5.74, 6) is 0.673. The van der Waals surface area contributed by atoms with Gasteiger partial charge in [-0.3, -0.25) is 10.1 Å². The maximum atomic E-state index is 12.1. The second kappa shape index (κ2) is 5.15. The number of hydrogen-bond acceptors (Lipinski definition) is 3. The van der Waals surface area contributed by atoms with Crippen molar-refractivity contribution < 1.29 is 4.79 Å². The van der Waals surface area contributed by atoms with Gasteiger partial charge in [-0.25, -0.2) is 0 Å². The van der Waals surface area contributed by atoms with Crippen LogP contribution in [0.15, 0.2) is 0 Å². The van der Waals surface area contributed by atoms with Gasteiger partial charge in [-0.15, -0.1) is 0 Å². The highest BCUT2D eigenvalue weighted by molar-refractivity contribution is 5.84. The number of carbonyl (C=O) groups excluding carboxylic acids is 1. The summed E-state index contributed by atoms with van der Waals surface area (Å²) >= 11 is 0. The fraction of sp³-hybridized carbons (Fsp3) is 0.917. The highest BCUT2D eigenvalue weighted by atomic mass is 16.2. The third kappa shape index (κ3) is 2.74. The third-order valence-corrected chi connectivity index (χ3v) is 3.08. The number of rotatable bonds is 4. The summed E-state index contributed by atoms with van der Waals surface area (Å²) in [5, 5.41) is 3.37. The Bertz CT molecular complexity index is 253. The Kier molecular flexibility index (Phi) is 4.33. The molecule has 4 nitrogen and oxygen atoms in total. The fourth-order valence-electron chi connectivity index (χ4n) is 2.39. The third-order valence-electron chi connectivity index (χ3n) is 3.08. The lowest BCUT2D eigenvalue weighted by Crippen LogP contribution is -2.49. The molecular formula is C12H25N3O. The van der Waals surface area contributed by atoms with E-state index in [1.807, 2.05) is 25.9 Å². The van der Waals surface area contributed by atoms with Gasteiger partial charge in [-0.1, -0.05) is 13.8 Å². The zero-order chi connectivity index (χ0) is 12.5. The first-order valence-electron chi connectivity index (χ1n) is 6.07. The van der Waals surface area contributed by atoms with Crippen molar-refractivity contribution in [2.45, 2.75) is 45.9 Å². The molecule has 0 saturated carbocycles. The van der Waals surface area contributed by atoms with Crippen molar-refractivity contribution in [1.82, 2.24) is 15.1 Å². The second-order valence-electron chi connectivity index (χ2n) is 5.43. The smallest absolute Gasteiger partial charge is 0.241 e. The monoisotopic (exact) mass is 227 g/mol. The molecule has 0 aromatic rings. The zero-order valence-corrected chi connectivity index (χ0v) is 11.3. The fourth-order valence-corrected chi connectivity index (χ4v) is 2.39. The molecular weight excluding hydrogens is 202 g/mol. The van der Waals surface area contributed by atoms with Crippen LogP contribution in [-0.2, 0) is 4.79 Å². The quantitative estimate of drug-likeness (QED) is 0.769. The van der Waals surface area contributed by atoms with Gasteiger partial charge in [0.05, 0.1) is 12.2 Å². The average molecular weight is 227 g/mol. The van der Waals surface area contributed by atoms with Crippen molar-refractivity contribution in [3.05, 3.63) is 0 Å². The van der Waals surface area contributed by atoms with E-state index in [1.165, 1.54) is 0 Å². The van der Waals surface area contributed by atoms with E-state index in [2.05, 4.69) is 31.0 Å². The molecule has 3 atom stereocenters.